The van der Waals surface area contributed by atoms with Gasteiger partial charge in [0.05, 0.1) is 5.54 Å². The van der Waals surface area contributed by atoms with Crippen LogP contribution in [-0.4, -0.2) is 23.2 Å². The minimum absolute atomic E-state index is 0.137. The third kappa shape index (κ3) is 3.13. The molecule has 1 N–H and O–H groups in total. The lowest BCUT2D eigenvalue weighted by molar-refractivity contribution is 0.0921. The third-order valence-electron chi connectivity index (χ3n) is 2.39. The summed E-state index contributed by atoms with van der Waals surface area (Å²) in [7, 11) is 0. The highest BCUT2D eigenvalue weighted by Gasteiger charge is 2.25. The lowest BCUT2D eigenvalue weighted by Crippen LogP contribution is -2.49. The Morgan fingerprint density at radius 1 is 1.31 bits per heavy atom. The van der Waals surface area contributed by atoms with Gasteiger partial charge in [0.15, 0.2) is 0 Å². The fourth-order valence-corrected chi connectivity index (χ4v) is 1.69. The second-order valence-corrected chi connectivity index (χ2v) is 4.63. The van der Waals surface area contributed by atoms with Gasteiger partial charge in [-0.3, -0.25) is 4.79 Å². The largest absolute Gasteiger partial charge is 0.344 e. The van der Waals surface area contributed by atoms with Gasteiger partial charge in [-0.2, -0.15) is 0 Å². The summed E-state index contributed by atoms with van der Waals surface area (Å²) in [6.07, 6.45) is 0. The van der Waals surface area contributed by atoms with Crippen molar-refractivity contribution in [1.29, 1.82) is 0 Å². The van der Waals surface area contributed by atoms with Gasteiger partial charge < -0.3 is 5.32 Å². The van der Waals surface area contributed by atoms with Crippen molar-refractivity contribution < 1.29 is 4.79 Å². The Morgan fingerprint density at radius 2 is 1.88 bits per heavy atom. The summed E-state index contributed by atoms with van der Waals surface area (Å²) in [5.74, 6) is 0.435. The number of hydrogen-bond donors (Lipinski definition) is 1. The number of benzene rings is 1. The Morgan fingerprint density at radius 3 is 2.38 bits per heavy atom. The summed E-state index contributed by atoms with van der Waals surface area (Å²) in [5.41, 5.74) is 1.03. The van der Waals surface area contributed by atoms with E-state index >= 15 is 0 Å². The monoisotopic (exact) mass is 259 g/mol. The summed E-state index contributed by atoms with van der Waals surface area (Å²) >= 11 is 11.6. The number of carbonyl (C=O) groups excluding carboxylic acids is 1. The van der Waals surface area contributed by atoms with Crippen molar-refractivity contribution in [1.82, 2.24) is 5.32 Å². The molecule has 0 spiro atoms. The summed E-state index contributed by atoms with van der Waals surface area (Å²) in [4.78, 5) is 12.0. The fourth-order valence-electron chi connectivity index (χ4n) is 1.27. The van der Waals surface area contributed by atoms with Crippen LogP contribution in [0, 0.1) is 6.92 Å². The van der Waals surface area contributed by atoms with Crippen LogP contribution in [0.5, 0.6) is 0 Å². The number of hydrogen-bond acceptors (Lipinski definition) is 1. The van der Waals surface area contributed by atoms with E-state index in [4.69, 9.17) is 23.2 Å². The maximum Gasteiger partial charge on any atom is 0.252 e. The molecule has 2 nitrogen and oxygen atoms in total. The molecule has 0 aliphatic heterocycles. The highest BCUT2D eigenvalue weighted by molar-refractivity contribution is 6.22. The number of amides is 1. The summed E-state index contributed by atoms with van der Waals surface area (Å²) in [5, 5.41) is 2.85. The molecule has 1 aromatic carbocycles. The van der Waals surface area contributed by atoms with Gasteiger partial charge in [0.25, 0.3) is 5.91 Å². The van der Waals surface area contributed by atoms with Crippen molar-refractivity contribution in [3.8, 4) is 0 Å². The van der Waals surface area contributed by atoms with Crippen molar-refractivity contribution in [2.45, 2.75) is 19.4 Å². The molecule has 0 aromatic heterocycles. The van der Waals surface area contributed by atoms with Crippen LogP contribution in [0.2, 0.25) is 0 Å². The van der Waals surface area contributed by atoms with Crippen molar-refractivity contribution >= 4 is 29.1 Å². The van der Waals surface area contributed by atoms with Gasteiger partial charge in [0.1, 0.15) is 0 Å². The molecule has 0 saturated heterocycles. The molecule has 4 heteroatoms. The topological polar surface area (TPSA) is 29.1 Å². The Bertz CT molecular complexity index is 375. The van der Waals surface area contributed by atoms with Gasteiger partial charge in [0, 0.05) is 17.3 Å². The fraction of sp³-hybridized carbons (Fsp3) is 0.417. The second kappa shape index (κ2) is 5.55. The van der Waals surface area contributed by atoms with Crippen molar-refractivity contribution in [3.63, 3.8) is 0 Å². The van der Waals surface area contributed by atoms with Gasteiger partial charge in [-0.15, -0.1) is 23.2 Å². The summed E-state index contributed by atoms with van der Waals surface area (Å²) in [6, 6.07) is 7.41. The van der Waals surface area contributed by atoms with Crippen LogP contribution in [0.25, 0.3) is 0 Å². The molecule has 0 saturated carbocycles. The average molecular weight is 260 g/mol. The van der Waals surface area contributed by atoms with Crippen LogP contribution in [0.15, 0.2) is 24.3 Å². The van der Waals surface area contributed by atoms with E-state index in [9.17, 15) is 4.79 Å². The van der Waals surface area contributed by atoms with Crippen molar-refractivity contribution in [2.75, 3.05) is 11.8 Å². The third-order valence-corrected chi connectivity index (χ3v) is 3.57. The van der Waals surface area contributed by atoms with Gasteiger partial charge in [-0.1, -0.05) is 18.2 Å². The van der Waals surface area contributed by atoms with Gasteiger partial charge in [-0.05, 0) is 25.5 Å². The molecule has 0 bridgehead atoms. The highest BCUT2D eigenvalue weighted by Crippen LogP contribution is 2.12. The Kier molecular flexibility index (Phi) is 4.63. The van der Waals surface area contributed by atoms with E-state index in [-0.39, 0.29) is 17.7 Å². The number of nitrogens with one attached hydrogen (secondary N) is 1. The summed E-state index contributed by atoms with van der Waals surface area (Å²) in [6.45, 7) is 3.72. The maximum absolute atomic E-state index is 12.0. The van der Waals surface area contributed by atoms with Crippen LogP contribution in [0.1, 0.15) is 22.8 Å². The molecule has 88 valence electrons. The minimum Gasteiger partial charge on any atom is -0.344 e. The van der Waals surface area contributed by atoms with Gasteiger partial charge in [0.2, 0.25) is 0 Å². The molecule has 0 aliphatic rings. The van der Waals surface area contributed by atoms with Crippen LogP contribution >= 0.6 is 23.2 Å². The van der Waals surface area contributed by atoms with Crippen molar-refractivity contribution in [3.05, 3.63) is 35.4 Å². The maximum atomic E-state index is 12.0. The molecular formula is C12H15Cl2NO. The van der Waals surface area contributed by atoms with E-state index in [1.807, 2.05) is 32.0 Å². The van der Waals surface area contributed by atoms with Gasteiger partial charge >= 0.3 is 0 Å². The smallest absolute Gasteiger partial charge is 0.252 e. The molecular weight excluding hydrogens is 245 g/mol. The van der Waals surface area contributed by atoms with E-state index in [1.54, 1.807) is 6.07 Å². The zero-order chi connectivity index (χ0) is 12.2. The molecule has 0 heterocycles. The molecule has 0 unspecified atom stereocenters. The van der Waals surface area contributed by atoms with Crippen LogP contribution in [0.3, 0.4) is 0 Å². The second-order valence-electron chi connectivity index (χ2n) is 4.10. The van der Waals surface area contributed by atoms with E-state index in [2.05, 4.69) is 5.32 Å². The molecule has 16 heavy (non-hydrogen) atoms. The first-order valence-corrected chi connectivity index (χ1v) is 6.09. The SMILES string of the molecule is Cc1ccccc1C(=O)NC(C)(CCl)CCl. The normalized spacial score (nSPS) is 11.2. The molecule has 0 atom stereocenters. The average Bonchev–Trinajstić information content (AvgIpc) is 2.29. The van der Waals surface area contributed by atoms with Crippen molar-refractivity contribution in [2.24, 2.45) is 0 Å². The predicted molar refractivity (Wildman–Crippen MR) is 68.5 cm³/mol. The Balaban J connectivity index is 2.84. The molecule has 0 aliphatic carbocycles. The Hall–Kier alpha value is -0.730. The number of aryl methyl sites for hydroxylation is 1. The highest BCUT2D eigenvalue weighted by atomic mass is 35.5. The van der Waals surface area contributed by atoms with E-state index in [1.165, 1.54) is 0 Å². The number of carbonyl (C=O) groups is 1. The van der Waals surface area contributed by atoms with Crippen LogP contribution in [-0.2, 0) is 0 Å². The van der Waals surface area contributed by atoms with Crippen LogP contribution in [0.4, 0.5) is 0 Å². The first-order chi connectivity index (χ1) is 7.52. The zero-order valence-electron chi connectivity index (χ0n) is 9.39. The number of alkyl halides is 2. The van der Waals surface area contributed by atoms with E-state index in [0.717, 1.165) is 5.56 Å². The zero-order valence-corrected chi connectivity index (χ0v) is 10.9. The first kappa shape index (κ1) is 13.3. The lowest BCUT2D eigenvalue weighted by atomic mass is 10.0. The van der Waals surface area contributed by atoms with Crippen LogP contribution < -0.4 is 5.32 Å². The number of rotatable bonds is 4. The van der Waals surface area contributed by atoms with E-state index < -0.39 is 5.54 Å². The molecule has 1 aromatic rings. The molecule has 1 rings (SSSR count). The summed E-state index contributed by atoms with van der Waals surface area (Å²) < 4.78 is 0. The molecule has 0 radical (unpaired) electrons. The van der Waals surface area contributed by atoms with E-state index in [0.29, 0.717) is 5.56 Å². The quantitative estimate of drug-likeness (QED) is 0.828. The lowest BCUT2D eigenvalue weighted by Gasteiger charge is -2.26. The Labute approximate surface area is 106 Å². The minimum atomic E-state index is -0.567. The van der Waals surface area contributed by atoms with Gasteiger partial charge in [-0.25, -0.2) is 0 Å². The first-order valence-electron chi connectivity index (χ1n) is 5.02. The predicted octanol–water partition coefficient (Wildman–Crippen LogP) is 2.96. The standard InChI is InChI=1S/C12H15Cl2NO/c1-9-5-3-4-6-10(9)11(16)15-12(2,7-13)8-14/h3-6H,7-8H2,1-2H3,(H,15,16). The number of halogens is 2. The molecule has 1 amide bonds. The molecule has 0 fully saturated rings.